The van der Waals surface area contributed by atoms with E-state index in [1.165, 1.54) is 5.56 Å². The Labute approximate surface area is 131 Å². The quantitative estimate of drug-likeness (QED) is 0.568. The lowest BCUT2D eigenvalue weighted by atomic mass is 10.1. The fourth-order valence-electron chi connectivity index (χ4n) is 2.17. The van der Waals surface area contributed by atoms with Crippen LogP contribution in [-0.4, -0.2) is 12.6 Å². The summed E-state index contributed by atoms with van der Waals surface area (Å²) in [6, 6.07) is 15.6. The molecule has 2 aromatic carbocycles. The van der Waals surface area contributed by atoms with Gasteiger partial charge in [0.1, 0.15) is 0 Å². The van der Waals surface area contributed by atoms with Crippen molar-refractivity contribution in [3.05, 3.63) is 59.7 Å². The second kappa shape index (κ2) is 8.23. The van der Waals surface area contributed by atoms with Crippen molar-refractivity contribution in [2.24, 2.45) is 0 Å². The summed E-state index contributed by atoms with van der Waals surface area (Å²) in [5.74, 6) is 0.841. The number of aryl methyl sites for hydroxylation is 2. The number of benzene rings is 2. The Morgan fingerprint density at radius 3 is 2.18 bits per heavy atom. The van der Waals surface area contributed by atoms with Crippen molar-refractivity contribution in [3.63, 3.8) is 0 Å². The van der Waals surface area contributed by atoms with Crippen LogP contribution >= 0.6 is 0 Å². The maximum Gasteiger partial charge on any atom is 0.311 e. The summed E-state index contributed by atoms with van der Waals surface area (Å²) in [4.78, 5) is 12.0. The van der Waals surface area contributed by atoms with Crippen LogP contribution in [0.3, 0.4) is 0 Å². The average molecular weight is 298 g/mol. The molecule has 3 nitrogen and oxygen atoms in total. The first kappa shape index (κ1) is 16.1. The Balaban J connectivity index is 1.90. The maximum atomic E-state index is 12.0. The number of rotatable bonds is 7. The van der Waals surface area contributed by atoms with Gasteiger partial charge in [0, 0.05) is 6.42 Å². The lowest BCUT2D eigenvalue weighted by molar-refractivity contribution is -0.134. The molecular weight excluding hydrogens is 276 g/mol. The Morgan fingerprint density at radius 2 is 1.55 bits per heavy atom. The molecule has 0 radical (unpaired) electrons. The largest absolute Gasteiger partial charge is 0.490 e. The minimum atomic E-state index is -0.244. The van der Waals surface area contributed by atoms with Gasteiger partial charge in [-0.2, -0.15) is 0 Å². The van der Waals surface area contributed by atoms with Gasteiger partial charge in [0.2, 0.25) is 0 Å². The number of ether oxygens (including phenoxy) is 2. The summed E-state index contributed by atoms with van der Waals surface area (Å²) in [7, 11) is 0. The first-order valence-electron chi connectivity index (χ1n) is 7.73. The highest BCUT2D eigenvalue weighted by Crippen LogP contribution is 2.26. The number of carbonyl (C=O) groups is 1. The van der Waals surface area contributed by atoms with Crippen molar-refractivity contribution >= 4 is 5.97 Å². The van der Waals surface area contributed by atoms with E-state index in [2.05, 4.69) is 31.2 Å². The average Bonchev–Trinajstić information content (AvgIpc) is 2.55. The molecule has 0 unspecified atom stereocenters. The van der Waals surface area contributed by atoms with E-state index in [0.29, 0.717) is 30.9 Å². The van der Waals surface area contributed by atoms with Crippen molar-refractivity contribution in [1.82, 2.24) is 0 Å². The molecule has 2 rings (SSSR count). The Morgan fingerprint density at radius 1 is 0.909 bits per heavy atom. The number of hydrogen-bond donors (Lipinski definition) is 0. The minimum Gasteiger partial charge on any atom is -0.490 e. The summed E-state index contributed by atoms with van der Waals surface area (Å²) in [6.45, 7) is 4.57. The fourth-order valence-corrected chi connectivity index (χ4v) is 2.17. The van der Waals surface area contributed by atoms with E-state index >= 15 is 0 Å². The van der Waals surface area contributed by atoms with Gasteiger partial charge in [-0.05, 0) is 43.0 Å². The van der Waals surface area contributed by atoms with Crippen LogP contribution in [0.5, 0.6) is 11.5 Å². The highest BCUT2D eigenvalue weighted by atomic mass is 16.6. The zero-order valence-corrected chi connectivity index (χ0v) is 13.2. The van der Waals surface area contributed by atoms with Gasteiger partial charge in [-0.3, -0.25) is 4.79 Å². The first-order valence-corrected chi connectivity index (χ1v) is 7.73. The molecule has 0 atom stereocenters. The molecule has 0 bridgehead atoms. The molecule has 116 valence electrons. The normalized spacial score (nSPS) is 10.3. The van der Waals surface area contributed by atoms with Gasteiger partial charge in [-0.15, -0.1) is 0 Å². The number of hydrogen-bond acceptors (Lipinski definition) is 3. The van der Waals surface area contributed by atoms with Gasteiger partial charge in [-0.1, -0.05) is 43.3 Å². The molecule has 2 aromatic rings. The Kier molecular flexibility index (Phi) is 6.01. The van der Waals surface area contributed by atoms with Crippen molar-refractivity contribution in [1.29, 1.82) is 0 Å². The van der Waals surface area contributed by atoms with Gasteiger partial charge in [0.05, 0.1) is 6.61 Å². The van der Waals surface area contributed by atoms with Crippen molar-refractivity contribution in [3.8, 4) is 11.5 Å². The molecule has 0 saturated heterocycles. The standard InChI is InChI=1S/C19H22O3/c1-3-15-9-11-16(12-10-15)13-14-19(20)22-18-8-6-5-7-17(18)21-4-2/h5-12H,3-4,13-14H2,1-2H3. The second-order valence-corrected chi connectivity index (χ2v) is 5.02. The molecule has 0 heterocycles. The first-order chi connectivity index (χ1) is 10.7. The van der Waals surface area contributed by atoms with Crippen LogP contribution in [0.15, 0.2) is 48.5 Å². The highest BCUT2D eigenvalue weighted by Gasteiger charge is 2.10. The maximum absolute atomic E-state index is 12.0. The van der Waals surface area contributed by atoms with Gasteiger partial charge in [0.25, 0.3) is 0 Å². The number of para-hydroxylation sites is 2. The monoisotopic (exact) mass is 298 g/mol. The molecule has 22 heavy (non-hydrogen) atoms. The smallest absolute Gasteiger partial charge is 0.311 e. The summed E-state index contributed by atoms with van der Waals surface area (Å²) >= 11 is 0. The summed E-state index contributed by atoms with van der Waals surface area (Å²) in [5, 5.41) is 0. The second-order valence-electron chi connectivity index (χ2n) is 5.02. The molecule has 0 N–H and O–H groups in total. The summed E-state index contributed by atoms with van der Waals surface area (Å²) < 4.78 is 10.8. The van der Waals surface area contributed by atoms with Crippen LogP contribution in [0.1, 0.15) is 31.4 Å². The molecule has 0 aromatic heterocycles. The van der Waals surface area contributed by atoms with E-state index < -0.39 is 0 Å². The molecule has 3 heteroatoms. The van der Waals surface area contributed by atoms with E-state index in [-0.39, 0.29) is 5.97 Å². The predicted molar refractivity (Wildman–Crippen MR) is 87.4 cm³/mol. The van der Waals surface area contributed by atoms with Crippen LogP contribution in [-0.2, 0) is 17.6 Å². The minimum absolute atomic E-state index is 0.244. The number of esters is 1. The van der Waals surface area contributed by atoms with E-state index in [9.17, 15) is 4.79 Å². The molecule has 0 aliphatic heterocycles. The van der Waals surface area contributed by atoms with Gasteiger partial charge < -0.3 is 9.47 Å². The third-order valence-electron chi connectivity index (χ3n) is 3.42. The van der Waals surface area contributed by atoms with Crippen molar-refractivity contribution in [2.45, 2.75) is 33.1 Å². The third-order valence-corrected chi connectivity index (χ3v) is 3.42. The topological polar surface area (TPSA) is 35.5 Å². The van der Waals surface area contributed by atoms with Crippen LogP contribution in [0.2, 0.25) is 0 Å². The molecule has 0 amide bonds. The number of carbonyl (C=O) groups excluding carboxylic acids is 1. The van der Waals surface area contributed by atoms with E-state index in [1.807, 2.05) is 19.1 Å². The van der Waals surface area contributed by atoms with E-state index in [0.717, 1.165) is 12.0 Å². The lowest BCUT2D eigenvalue weighted by Crippen LogP contribution is -2.10. The third kappa shape index (κ3) is 4.62. The Bertz CT molecular complexity index is 602. The lowest BCUT2D eigenvalue weighted by Gasteiger charge is -2.10. The molecule has 0 aliphatic rings. The predicted octanol–water partition coefficient (Wildman–Crippen LogP) is 4.19. The van der Waals surface area contributed by atoms with Gasteiger partial charge in [0.15, 0.2) is 11.5 Å². The molecule has 0 aliphatic carbocycles. The zero-order chi connectivity index (χ0) is 15.8. The van der Waals surface area contributed by atoms with Crippen molar-refractivity contribution in [2.75, 3.05) is 6.61 Å². The Hall–Kier alpha value is -2.29. The molecular formula is C19H22O3. The van der Waals surface area contributed by atoms with E-state index in [4.69, 9.17) is 9.47 Å². The van der Waals surface area contributed by atoms with Crippen molar-refractivity contribution < 1.29 is 14.3 Å². The SMILES string of the molecule is CCOc1ccccc1OC(=O)CCc1ccc(CC)cc1. The summed E-state index contributed by atoms with van der Waals surface area (Å²) in [5.41, 5.74) is 2.45. The van der Waals surface area contributed by atoms with Gasteiger partial charge >= 0.3 is 5.97 Å². The zero-order valence-electron chi connectivity index (χ0n) is 13.2. The van der Waals surface area contributed by atoms with Gasteiger partial charge in [-0.25, -0.2) is 0 Å². The molecule has 0 saturated carbocycles. The molecule has 0 spiro atoms. The van der Waals surface area contributed by atoms with Crippen LogP contribution in [0.4, 0.5) is 0 Å². The molecule has 0 fully saturated rings. The fraction of sp³-hybridized carbons (Fsp3) is 0.316. The summed E-state index contributed by atoms with van der Waals surface area (Å²) in [6.07, 6.45) is 2.06. The van der Waals surface area contributed by atoms with Crippen LogP contribution < -0.4 is 9.47 Å². The highest BCUT2D eigenvalue weighted by molar-refractivity contribution is 5.73. The van der Waals surface area contributed by atoms with Crippen LogP contribution in [0.25, 0.3) is 0 Å². The van der Waals surface area contributed by atoms with E-state index in [1.54, 1.807) is 12.1 Å². The van der Waals surface area contributed by atoms with Crippen LogP contribution in [0, 0.1) is 0 Å².